The number of amides is 1. The minimum atomic E-state index is -0.470. The van der Waals surface area contributed by atoms with E-state index < -0.39 is 5.60 Å². The van der Waals surface area contributed by atoms with Gasteiger partial charge in [-0.05, 0) is 37.7 Å². The molecule has 3 aliphatic rings. The first kappa shape index (κ1) is 16.7. The van der Waals surface area contributed by atoms with Crippen molar-refractivity contribution in [2.45, 2.75) is 63.7 Å². The molecule has 0 radical (unpaired) electrons. The smallest absolute Gasteiger partial charge is 0.343 e. The van der Waals surface area contributed by atoms with Crippen LogP contribution in [0.1, 0.15) is 48.5 Å². The van der Waals surface area contributed by atoms with Crippen molar-refractivity contribution in [3.05, 3.63) is 33.3 Å². The predicted molar refractivity (Wildman–Crippen MR) is 95.1 cm³/mol. The van der Waals surface area contributed by atoms with Gasteiger partial charge in [-0.1, -0.05) is 0 Å². The number of aromatic nitrogens is 5. The number of fused-ring (bicyclic) bond motifs is 2. The van der Waals surface area contributed by atoms with E-state index in [2.05, 4.69) is 20.4 Å². The van der Waals surface area contributed by atoms with Gasteiger partial charge in [-0.2, -0.15) is 10.2 Å². The highest BCUT2D eigenvalue weighted by atomic mass is 16.5. The van der Waals surface area contributed by atoms with Crippen LogP contribution in [0.25, 0.3) is 0 Å². The van der Waals surface area contributed by atoms with Gasteiger partial charge in [-0.3, -0.25) is 14.5 Å². The highest BCUT2D eigenvalue weighted by Gasteiger charge is 2.44. The molecule has 144 valence electrons. The Morgan fingerprint density at radius 3 is 3.00 bits per heavy atom. The predicted octanol–water partition coefficient (Wildman–Crippen LogP) is 0.307. The molecule has 5 rings (SSSR count). The summed E-state index contributed by atoms with van der Waals surface area (Å²) in [6.07, 6.45) is 6.44. The topological polar surface area (TPSA) is 109 Å². The summed E-state index contributed by atoms with van der Waals surface area (Å²) in [6.45, 7) is 1.95. The summed E-state index contributed by atoms with van der Waals surface area (Å²) in [5.74, 6) is 0.757. The van der Waals surface area contributed by atoms with Gasteiger partial charge in [0.2, 0.25) is 5.91 Å². The standard InChI is InChI=1S/C18H24N6O3/c25-16(6-5-14-12-3-1-2-4-13(12)19-20-14)23-8-7-18(10-23)11-24-15(9-27-18)21-22-17(24)26/h1-11H2,(H,19,20)(H,22,26). The van der Waals surface area contributed by atoms with Crippen LogP contribution in [0, 0.1) is 0 Å². The second-order valence-electron chi connectivity index (χ2n) is 7.90. The first-order chi connectivity index (χ1) is 13.1. The third-order valence-electron chi connectivity index (χ3n) is 6.18. The number of hydrogen-bond donors (Lipinski definition) is 2. The summed E-state index contributed by atoms with van der Waals surface area (Å²) >= 11 is 0. The van der Waals surface area contributed by atoms with Crippen molar-refractivity contribution in [2.24, 2.45) is 0 Å². The average molecular weight is 372 g/mol. The van der Waals surface area contributed by atoms with Gasteiger partial charge < -0.3 is 9.64 Å². The fourth-order valence-electron chi connectivity index (χ4n) is 4.62. The lowest BCUT2D eigenvalue weighted by Gasteiger charge is -2.33. The van der Waals surface area contributed by atoms with E-state index in [4.69, 9.17) is 4.74 Å². The molecule has 2 aromatic rings. The van der Waals surface area contributed by atoms with Crippen LogP contribution < -0.4 is 5.69 Å². The summed E-state index contributed by atoms with van der Waals surface area (Å²) in [5.41, 5.74) is 2.95. The van der Waals surface area contributed by atoms with Crippen LogP contribution in [-0.2, 0) is 41.9 Å². The molecular weight excluding hydrogens is 348 g/mol. The molecule has 4 heterocycles. The number of rotatable bonds is 3. The van der Waals surface area contributed by atoms with Crippen molar-refractivity contribution < 1.29 is 9.53 Å². The lowest BCUT2D eigenvalue weighted by atomic mass is 9.94. The Kier molecular flexibility index (Phi) is 3.92. The molecule has 2 aromatic heterocycles. The molecule has 27 heavy (non-hydrogen) atoms. The van der Waals surface area contributed by atoms with Crippen LogP contribution in [0.3, 0.4) is 0 Å². The lowest BCUT2D eigenvalue weighted by Crippen LogP contribution is -2.47. The minimum absolute atomic E-state index is 0.133. The number of ether oxygens (including phenoxy) is 1. The van der Waals surface area contributed by atoms with Gasteiger partial charge in [-0.25, -0.2) is 9.89 Å². The highest BCUT2D eigenvalue weighted by molar-refractivity contribution is 5.77. The van der Waals surface area contributed by atoms with E-state index in [-0.39, 0.29) is 11.6 Å². The van der Waals surface area contributed by atoms with E-state index in [0.717, 1.165) is 25.0 Å². The first-order valence-electron chi connectivity index (χ1n) is 9.74. The van der Waals surface area contributed by atoms with Crippen molar-refractivity contribution in [1.82, 2.24) is 29.9 Å². The van der Waals surface area contributed by atoms with Crippen LogP contribution in [0.5, 0.6) is 0 Å². The largest absolute Gasteiger partial charge is 0.363 e. The fraction of sp³-hybridized carbons (Fsp3) is 0.667. The number of carbonyl (C=O) groups excluding carboxylic acids is 1. The molecule has 9 heteroatoms. The molecule has 9 nitrogen and oxygen atoms in total. The molecule has 0 aromatic carbocycles. The summed E-state index contributed by atoms with van der Waals surface area (Å²) in [4.78, 5) is 26.5. The number of likely N-dealkylation sites (tertiary alicyclic amines) is 1. The van der Waals surface area contributed by atoms with Crippen LogP contribution in [0.2, 0.25) is 0 Å². The summed E-state index contributed by atoms with van der Waals surface area (Å²) in [7, 11) is 0. The molecule has 1 spiro atoms. The maximum absolute atomic E-state index is 12.7. The molecule has 0 saturated carbocycles. The SMILES string of the molecule is O=C(CCc1n[nH]c2c1CCCC2)N1CCC2(C1)Cn1c(n[nH]c1=O)CO2. The molecule has 1 fully saturated rings. The summed E-state index contributed by atoms with van der Waals surface area (Å²) in [5, 5.41) is 14.0. The van der Waals surface area contributed by atoms with E-state index >= 15 is 0 Å². The van der Waals surface area contributed by atoms with Crippen molar-refractivity contribution in [3.63, 3.8) is 0 Å². The van der Waals surface area contributed by atoms with E-state index in [0.29, 0.717) is 44.9 Å². The Labute approximate surface area is 156 Å². The summed E-state index contributed by atoms with van der Waals surface area (Å²) < 4.78 is 7.65. The van der Waals surface area contributed by atoms with Crippen LogP contribution in [0.15, 0.2) is 4.79 Å². The Bertz CT molecular complexity index is 928. The van der Waals surface area contributed by atoms with Crippen molar-refractivity contribution >= 4 is 5.91 Å². The Hall–Kier alpha value is -2.42. The number of H-pyrrole nitrogens is 2. The van der Waals surface area contributed by atoms with E-state index in [1.807, 2.05) is 4.90 Å². The first-order valence-corrected chi connectivity index (χ1v) is 9.74. The minimum Gasteiger partial charge on any atom is -0.363 e. The molecule has 2 N–H and O–H groups in total. The van der Waals surface area contributed by atoms with Gasteiger partial charge in [0.25, 0.3) is 0 Å². The van der Waals surface area contributed by atoms with E-state index in [1.165, 1.54) is 24.1 Å². The van der Waals surface area contributed by atoms with Gasteiger partial charge in [0.05, 0.1) is 18.8 Å². The molecule has 1 amide bonds. The van der Waals surface area contributed by atoms with E-state index in [9.17, 15) is 9.59 Å². The van der Waals surface area contributed by atoms with Crippen LogP contribution in [0.4, 0.5) is 0 Å². The van der Waals surface area contributed by atoms with Gasteiger partial charge >= 0.3 is 5.69 Å². The van der Waals surface area contributed by atoms with E-state index in [1.54, 1.807) is 4.57 Å². The zero-order chi connectivity index (χ0) is 18.4. The maximum Gasteiger partial charge on any atom is 0.343 e. The lowest BCUT2D eigenvalue weighted by molar-refractivity contribution is -0.133. The van der Waals surface area contributed by atoms with Gasteiger partial charge in [-0.15, -0.1) is 0 Å². The number of nitrogens with zero attached hydrogens (tertiary/aromatic N) is 4. The quantitative estimate of drug-likeness (QED) is 0.806. The molecule has 0 bridgehead atoms. The zero-order valence-corrected chi connectivity index (χ0v) is 15.3. The molecule has 1 aliphatic carbocycles. The molecule has 1 unspecified atom stereocenters. The number of hydrogen-bond acceptors (Lipinski definition) is 5. The monoisotopic (exact) mass is 372 g/mol. The highest BCUT2D eigenvalue weighted by Crippen LogP contribution is 2.31. The zero-order valence-electron chi connectivity index (χ0n) is 15.3. The van der Waals surface area contributed by atoms with Gasteiger partial charge in [0.1, 0.15) is 12.2 Å². The number of carbonyl (C=O) groups is 1. The summed E-state index contributed by atoms with van der Waals surface area (Å²) in [6, 6.07) is 0. The number of aryl methyl sites for hydroxylation is 2. The second kappa shape index (κ2) is 6.33. The average Bonchev–Trinajstić information content (AvgIpc) is 3.39. The Balaban J connectivity index is 1.22. The van der Waals surface area contributed by atoms with Crippen molar-refractivity contribution in [2.75, 3.05) is 13.1 Å². The molecule has 2 aliphatic heterocycles. The number of nitrogens with one attached hydrogen (secondary N) is 2. The molecule has 1 atom stereocenters. The van der Waals surface area contributed by atoms with Crippen LogP contribution >= 0.6 is 0 Å². The van der Waals surface area contributed by atoms with Crippen LogP contribution in [-0.4, -0.2) is 54.5 Å². The third-order valence-corrected chi connectivity index (χ3v) is 6.18. The van der Waals surface area contributed by atoms with Crippen molar-refractivity contribution in [1.29, 1.82) is 0 Å². The molecular formula is C18H24N6O3. The normalized spacial score (nSPS) is 24.2. The van der Waals surface area contributed by atoms with Crippen molar-refractivity contribution in [3.8, 4) is 0 Å². The fourth-order valence-corrected chi connectivity index (χ4v) is 4.62. The maximum atomic E-state index is 12.7. The third kappa shape index (κ3) is 2.90. The van der Waals surface area contributed by atoms with Gasteiger partial charge in [0, 0.05) is 25.1 Å². The Morgan fingerprint density at radius 2 is 2.07 bits per heavy atom. The number of aromatic amines is 2. The van der Waals surface area contributed by atoms with Gasteiger partial charge in [0.15, 0.2) is 5.82 Å². The second-order valence-corrected chi connectivity index (χ2v) is 7.90. The Morgan fingerprint density at radius 1 is 1.19 bits per heavy atom. The molecule has 1 saturated heterocycles.